The van der Waals surface area contributed by atoms with E-state index in [9.17, 15) is 13.2 Å². The van der Waals surface area contributed by atoms with Crippen molar-refractivity contribution in [2.75, 3.05) is 25.5 Å². The van der Waals surface area contributed by atoms with Crippen molar-refractivity contribution < 1.29 is 13.2 Å². The lowest BCUT2D eigenvalue weighted by Gasteiger charge is -2.23. The summed E-state index contributed by atoms with van der Waals surface area (Å²) in [6.07, 6.45) is 0. The van der Waals surface area contributed by atoms with E-state index in [0.29, 0.717) is 5.02 Å². The average Bonchev–Trinajstić information content (AvgIpc) is 2.67. The van der Waals surface area contributed by atoms with Gasteiger partial charge in [0.15, 0.2) is 0 Å². The molecule has 27 heavy (non-hydrogen) atoms. The zero-order chi connectivity index (χ0) is 19.6. The predicted molar refractivity (Wildman–Crippen MR) is 109 cm³/mol. The highest BCUT2D eigenvalue weighted by molar-refractivity contribution is 7.89. The lowest BCUT2D eigenvalue weighted by atomic mass is 10.1. The van der Waals surface area contributed by atoms with Crippen molar-refractivity contribution in [1.82, 2.24) is 4.31 Å². The number of rotatable bonds is 5. The second-order valence-corrected chi connectivity index (χ2v) is 8.65. The number of hydrogen-bond donors (Lipinski definition) is 0. The summed E-state index contributed by atoms with van der Waals surface area (Å²) < 4.78 is 26.4. The van der Waals surface area contributed by atoms with Crippen molar-refractivity contribution in [1.29, 1.82) is 0 Å². The van der Waals surface area contributed by atoms with Gasteiger partial charge >= 0.3 is 0 Å². The summed E-state index contributed by atoms with van der Waals surface area (Å²) in [5.74, 6) is -0.327. The van der Waals surface area contributed by atoms with Crippen LogP contribution in [0.3, 0.4) is 0 Å². The van der Waals surface area contributed by atoms with Crippen LogP contribution in [-0.2, 0) is 14.8 Å². The summed E-state index contributed by atoms with van der Waals surface area (Å²) in [6.45, 7) is -0.273. The van der Waals surface area contributed by atoms with E-state index in [1.54, 1.807) is 7.05 Å². The molecule has 0 heterocycles. The maximum atomic E-state index is 12.7. The van der Waals surface area contributed by atoms with Gasteiger partial charge in [-0.25, -0.2) is 8.42 Å². The minimum Gasteiger partial charge on any atom is -0.314 e. The topological polar surface area (TPSA) is 57.7 Å². The Morgan fingerprint density at radius 1 is 0.926 bits per heavy atom. The van der Waals surface area contributed by atoms with Crippen LogP contribution in [0, 0.1) is 0 Å². The fourth-order valence-electron chi connectivity index (χ4n) is 2.80. The summed E-state index contributed by atoms with van der Waals surface area (Å²) >= 11 is 5.81. The number of carbonyl (C=O) groups excluding carboxylic acids is 1. The molecule has 0 aliphatic rings. The summed E-state index contributed by atoms with van der Waals surface area (Å²) in [7, 11) is -0.748. The number of nitrogens with zero attached hydrogens (tertiary/aromatic N) is 2. The number of hydrogen-bond acceptors (Lipinski definition) is 3. The maximum absolute atomic E-state index is 12.7. The molecule has 7 heteroatoms. The Kier molecular flexibility index (Phi) is 5.51. The third-order valence-corrected chi connectivity index (χ3v) is 6.45. The summed E-state index contributed by atoms with van der Waals surface area (Å²) in [5, 5.41) is 2.39. The van der Waals surface area contributed by atoms with Crippen molar-refractivity contribution in [3.05, 3.63) is 71.8 Å². The normalized spacial score (nSPS) is 11.7. The molecule has 0 aliphatic heterocycles. The number of benzene rings is 3. The van der Waals surface area contributed by atoms with E-state index in [2.05, 4.69) is 0 Å². The first-order chi connectivity index (χ1) is 12.8. The fourth-order valence-corrected chi connectivity index (χ4v) is 4.05. The number of sulfonamides is 1. The Morgan fingerprint density at radius 2 is 1.56 bits per heavy atom. The molecule has 5 nitrogen and oxygen atoms in total. The zero-order valence-corrected chi connectivity index (χ0v) is 16.5. The Balaban J connectivity index is 1.82. The Labute approximate surface area is 163 Å². The lowest BCUT2D eigenvalue weighted by molar-refractivity contribution is -0.118. The third kappa shape index (κ3) is 3.98. The van der Waals surface area contributed by atoms with Crippen LogP contribution in [0.4, 0.5) is 5.69 Å². The molecule has 1 amide bonds. The predicted octanol–water partition coefficient (Wildman–Crippen LogP) is 3.78. The van der Waals surface area contributed by atoms with Crippen LogP contribution in [0.1, 0.15) is 0 Å². The Morgan fingerprint density at radius 3 is 2.26 bits per heavy atom. The Hall–Kier alpha value is -2.41. The van der Waals surface area contributed by atoms with E-state index < -0.39 is 10.0 Å². The molecule has 0 atom stereocenters. The highest BCUT2D eigenvalue weighted by Gasteiger charge is 2.25. The van der Waals surface area contributed by atoms with Crippen molar-refractivity contribution in [3.8, 4) is 0 Å². The van der Waals surface area contributed by atoms with Crippen molar-refractivity contribution in [2.24, 2.45) is 0 Å². The van der Waals surface area contributed by atoms with E-state index in [1.165, 1.54) is 36.2 Å². The van der Waals surface area contributed by atoms with Crippen LogP contribution >= 0.6 is 11.6 Å². The molecule has 0 saturated heterocycles. The molecule has 3 rings (SSSR count). The summed E-state index contributed by atoms with van der Waals surface area (Å²) in [5.41, 5.74) is 0.732. The largest absolute Gasteiger partial charge is 0.314 e. The number of amides is 1. The Bertz CT molecular complexity index is 1080. The van der Waals surface area contributed by atoms with Crippen LogP contribution in [0.15, 0.2) is 71.6 Å². The molecule has 0 aromatic heterocycles. The van der Waals surface area contributed by atoms with Crippen molar-refractivity contribution in [3.63, 3.8) is 0 Å². The molecule has 0 spiro atoms. The molecular formula is C20H19ClN2O3S. The van der Waals surface area contributed by atoms with Gasteiger partial charge < -0.3 is 4.90 Å². The van der Waals surface area contributed by atoms with Gasteiger partial charge in [-0.1, -0.05) is 48.0 Å². The van der Waals surface area contributed by atoms with Crippen LogP contribution < -0.4 is 4.90 Å². The minimum atomic E-state index is -3.78. The summed E-state index contributed by atoms with van der Waals surface area (Å²) in [6, 6.07) is 19.3. The molecule has 3 aromatic rings. The zero-order valence-electron chi connectivity index (χ0n) is 15.0. The van der Waals surface area contributed by atoms with Gasteiger partial charge in [0.2, 0.25) is 15.9 Å². The standard InChI is InChI=1S/C20H19ClN2O3S/c1-22(27(25,26)17-12-10-16(21)11-13-17)14-20(24)23(2)19-9-5-7-15-6-3-4-8-18(15)19/h3-13H,14H2,1-2H3. The van der Waals surface area contributed by atoms with E-state index >= 15 is 0 Å². The van der Waals surface area contributed by atoms with Crippen molar-refractivity contribution >= 4 is 44.0 Å². The number of fused-ring (bicyclic) bond motifs is 1. The number of carbonyl (C=O) groups is 1. The smallest absolute Gasteiger partial charge is 0.243 e. The molecule has 0 unspecified atom stereocenters. The van der Waals surface area contributed by atoms with Gasteiger partial charge in [0.25, 0.3) is 0 Å². The maximum Gasteiger partial charge on any atom is 0.243 e. The molecule has 0 bridgehead atoms. The molecule has 140 valence electrons. The molecule has 0 radical (unpaired) electrons. The first-order valence-corrected chi connectivity index (χ1v) is 10.1. The number of likely N-dealkylation sites (N-methyl/N-ethyl adjacent to an activating group) is 2. The van der Waals surface area contributed by atoms with Gasteiger partial charge in [-0.05, 0) is 35.7 Å². The van der Waals surface area contributed by atoms with E-state index in [1.807, 2.05) is 42.5 Å². The first-order valence-electron chi connectivity index (χ1n) is 8.27. The third-order valence-electron chi connectivity index (χ3n) is 4.38. The van der Waals surface area contributed by atoms with Gasteiger partial charge in [0.05, 0.1) is 17.1 Å². The minimum absolute atomic E-state index is 0.0926. The van der Waals surface area contributed by atoms with E-state index in [-0.39, 0.29) is 17.3 Å². The van der Waals surface area contributed by atoms with E-state index in [0.717, 1.165) is 20.8 Å². The molecule has 0 fully saturated rings. The molecule has 3 aromatic carbocycles. The monoisotopic (exact) mass is 402 g/mol. The fraction of sp³-hybridized carbons (Fsp3) is 0.150. The average molecular weight is 403 g/mol. The highest BCUT2D eigenvalue weighted by atomic mass is 35.5. The van der Waals surface area contributed by atoms with Crippen LogP contribution in [0.25, 0.3) is 10.8 Å². The molecule has 0 N–H and O–H groups in total. The first kappa shape index (κ1) is 19.4. The van der Waals surface area contributed by atoms with Gasteiger partial charge in [-0.2, -0.15) is 4.31 Å². The quantitative estimate of drug-likeness (QED) is 0.652. The summed E-state index contributed by atoms with van der Waals surface area (Å²) in [4.78, 5) is 14.3. The second-order valence-electron chi connectivity index (χ2n) is 6.17. The molecule has 0 aliphatic carbocycles. The SMILES string of the molecule is CN(C(=O)CN(C)S(=O)(=O)c1ccc(Cl)cc1)c1cccc2ccccc12. The van der Waals surface area contributed by atoms with Gasteiger partial charge in [-0.15, -0.1) is 0 Å². The molecular weight excluding hydrogens is 384 g/mol. The van der Waals surface area contributed by atoms with Crippen LogP contribution in [0.5, 0.6) is 0 Å². The lowest BCUT2D eigenvalue weighted by Crippen LogP contribution is -2.39. The number of anilines is 1. The van der Waals surface area contributed by atoms with Crippen LogP contribution in [0.2, 0.25) is 5.02 Å². The van der Waals surface area contributed by atoms with Crippen molar-refractivity contribution in [2.45, 2.75) is 4.90 Å². The van der Waals surface area contributed by atoms with Crippen LogP contribution in [-0.4, -0.2) is 39.3 Å². The highest BCUT2D eigenvalue weighted by Crippen LogP contribution is 2.26. The van der Waals surface area contributed by atoms with Gasteiger partial charge in [0.1, 0.15) is 0 Å². The second kappa shape index (κ2) is 7.68. The molecule has 0 saturated carbocycles. The van der Waals surface area contributed by atoms with Gasteiger partial charge in [-0.3, -0.25) is 4.79 Å². The number of halogens is 1. The van der Waals surface area contributed by atoms with Gasteiger partial charge in [0, 0.05) is 24.5 Å². The van der Waals surface area contributed by atoms with E-state index in [4.69, 9.17) is 11.6 Å².